The Labute approximate surface area is 208 Å². The summed E-state index contributed by atoms with van der Waals surface area (Å²) >= 11 is 1.41. The molecule has 190 valence electrons. The molecule has 9 nitrogen and oxygen atoms in total. The first kappa shape index (κ1) is 24.5. The summed E-state index contributed by atoms with van der Waals surface area (Å²) in [6.45, 7) is 2.66. The van der Waals surface area contributed by atoms with Crippen LogP contribution in [-0.4, -0.2) is 77.1 Å². The van der Waals surface area contributed by atoms with Crippen molar-refractivity contribution in [2.45, 2.75) is 63.1 Å². The topological polar surface area (TPSA) is 116 Å². The highest BCUT2D eigenvalue weighted by Gasteiger charge is 2.52. The van der Waals surface area contributed by atoms with Crippen LogP contribution < -0.4 is 5.32 Å². The Hall–Kier alpha value is -2.15. The van der Waals surface area contributed by atoms with E-state index in [0.717, 1.165) is 16.6 Å². The van der Waals surface area contributed by atoms with E-state index in [1.165, 1.54) is 21.9 Å². The molecule has 2 aliphatic heterocycles. The maximum atomic E-state index is 15.0. The number of thiophene rings is 1. The lowest BCUT2D eigenvalue weighted by molar-refractivity contribution is 0.0268. The molecule has 12 heteroatoms. The number of nitrogens with one attached hydrogen (secondary N) is 1. The van der Waals surface area contributed by atoms with Crippen molar-refractivity contribution in [3.63, 3.8) is 0 Å². The lowest BCUT2D eigenvalue weighted by Crippen LogP contribution is -2.44. The first-order chi connectivity index (χ1) is 16.5. The van der Waals surface area contributed by atoms with E-state index in [1.807, 2.05) is 14.0 Å². The van der Waals surface area contributed by atoms with Gasteiger partial charge in [0, 0.05) is 31.1 Å². The van der Waals surface area contributed by atoms with Crippen LogP contribution in [0.5, 0.6) is 0 Å². The molecule has 35 heavy (non-hydrogen) atoms. The maximum Gasteiger partial charge on any atom is 0.255 e. The molecule has 2 aromatic rings. The number of hydrogen-bond donors (Lipinski definition) is 2. The van der Waals surface area contributed by atoms with Crippen molar-refractivity contribution >= 4 is 33.2 Å². The molecule has 5 rings (SSSR count). The molecular weight excluding hydrogens is 493 g/mol. The molecule has 2 fully saturated rings. The Kier molecular flexibility index (Phi) is 6.14. The largest absolute Gasteiger partial charge is 0.393 e. The van der Waals surface area contributed by atoms with Gasteiger partial charge in [0.05, 0.1) is 34.5 Å². The summed E-state index contributed by atoms with van der Waals surface area (Å²) in [5.74, 6) is -0.340. The third-order valence-electron chi connectivity index (χ3n) is 7.73. The predicted molar refractivity (Wildman–Crippen MR) is 131 cm³/mol. The smallest absolute Gasteiger partial charge is 0.255 e. The highest BCUT2D eigenvalue weighted by atomic mass is 32.2. The number of hydrogen-bond acceptors (Lipinski definition) is 8. The first-order valence-electron chi connectivity index (χ1n) is 11.9. The van der Waals surface area contributed by atoms with E-state index < -0.39 is 21.4 Å². The highest BCUT2D eigenvalue weighted by Crippen LogP contribution is 2.54. The highest BCUT2D eigenvalue weighted by molar-refractivity contribution is 7.88. The molecule has 4 heterocycles. The molecule has 2 aromatic heterocycles. The van der Waals surface area contributed by atoms with Gasteiger partial charge in [0.15, 0.2) is 5.82 Å². The molecule has 1 saturated carbocycles. The van der Waals surface area contributed by atoms with Gasteiger partial charge in [-0.3, -0.25) is 4.79 Å². The number of fused-ring (bicyclic) bond motifs is 2. The maximum absolute atomic E-state index is 15.0. The van der Waals surface area contributed by atoms with Crippen molar-refractivity contribution in [3.05, 3.63) is 28.0 Å². The van der Waals surface area contributed by atoms with Gasteiger partial charge < -0.3 is 15.3 Å². The normalized spacial score (nSPS) is 25.9. The Morgan fingerprint density at radius 1 is 1.23 bits per heavy atom. The van der Waals surface area contributed by atoms with Crippen molar-refractivity contribution in [3.8, 4) is 10.6 Å². The van der Waals surface area contributed by atoms with E-state index in [-0.39, 0.29) is 29.7 Å². The monoisotopic (exact) mass is 523 g/mol. The molecule has 0 unspecified atom stereocenters. The average molecular weight is 524 g/mol. The number of carbonyl (C=O) groups is 1. The van der Waals surface area contributed by atoms with Gasteiger partial charge in [-0.2, -0.15) is 0 Å². The van der Waals surface area contributed by atoms with E-state index in [0.29, 0.717) is 62.1 Å². The zero-order valence-electron chi connectivity index (χ0n) is 20.0. The van der Waals surface area contributed by atoms with Crippen molar-refractivity contribution in [1.29, 1.82) is 0 Å². The van der Waals surface area contributed by atoms with Gasteiger partial charge in [-0.1, -0.05) is 0 Å². The van der Waals surface area contributed by atoms with Crippen LogP contribution in [0.3, 0.4) is 0 Å². The van der Waals surface area contributed by atoms with Crippen LogP contribution in [-0.2, 0) is 15.6 Å². The first-order valence-corrected chi connectivity index (χ1v) is 14.5. The number of amides is 1. The van der Waals surface area contributed by atoms with E-state index in [4.69, 9.17) is 0 Å². The number of aliphatic hydroxyl groups is 1. The molecule has 1 aliphatic carbocycles. The minimum Gasteiger partial charge on any atom is -0.393 e. The number of rotatable bonds is 4. The molecule has 0 bridgehead atoms. The fraction of sp³-hybridized carbons (Fsp3) is 0.609. The van der Waals surface area contributed by atoms with Gasteiger partial charge in [-0.05, 0) is 51.0 Å². The molecule has 0 radical (unpaired) electrons. The number of piperidine rings is 1. The summed E-state index contributed by atoms with van der Waals surface area (Å²) < 4.78 is 39.9. The molecule has 2 N–H and O–H groups in total. The number of aliphatic hydroxyl groups excluding tert-OH is 1. The molecular formula is C23H30FN5O4S2. The van der Waals surface area contributed by atoms with Gasteiger partial charge in [0.2, 0.25) is 16.0 Å². The van der Waals surface area contributed by atoms with Crippen LogP contribution >= 0.6 is 11.3 Å². The second-order valence-corrected chi connectivity index (χ2v) is 12.9. The molecule has 1 saturated heterocycles. The second kappa shape index (κ2) is 8.75. The summed E-state index contributed by atoms with van der Waals surface area (Å²) in [5, 5.41) is 13.3. The fourth-order valence-corrected chi connectivity index (χ4v) is 8.04. The third kappa shape index (κ3) is 4.13. The fourth-order valence-electron chi connectivity index (χ4n) is 5.59. The zero-order chi connectivity index (χ0) is 25.1. The summed E-state index contributed by atoms with van der Waals surface area (Å²) in [6, 6.07) is -0.0205. The van der Waals surface area contributed by atoms with Gasteiger partial charge in [0.1, 0.15) is 5.69 Å². The van der Waals surface area contributed by atoms with E-state index in [2.05, 4.69) is 15.3 Å². The van der Waals surface area contributed by atoms with Crippen LogP contribution in [0.1, 0.15) is 59.3 Å². The summed E-state index contributed by atoms with van der Waals surface area (Å²) in [5.41, 5.74) is 1.05. The quantitative estimate of drug-likeness (QED) is 0.633. The Morgan fingerprint density at radius 3 is 2.51 bits per heavy atom. The van der Waals surface area contributed by atoms with Crippen LogP contribution in [0.4, 0.5) is 10.3 Å². The van der Waals surface area contributed by atoms with E-state index in [1.54, 1.807) is 4.90 Å². The second-order valence-electron chi connectivity index (χ2n) is 9.86. The minimum absolute atomic E-state index is 0.0205. The molecule has 1 spiro atoms. The summed E-state index contributed by atoms with van der Waals surface area (Å²) in [4.78, 5) is 25.2. The number of carbonyl (C=O) groups excluding carboxylic acids is 1. The predicted octanol–water partition coefficient (Wildman–Crippen LogP) is 2.70. The number of sulfonamides is 1. The van der Waals surface area contributed by atoms with Gasteiger partial charge in [-0.25, -0.2) is 27.1 Å². The Balaban J connectivity index is 1.43. The van der Waals surface area contributed by atoms with Gasteiger partial charge in [-0.15, -0.1) is 11.3 Å². The van der Waals surface area contributed by atoms with E-state index >= 15 is 0 Å². The summed E-state index contributed by atoms with van der Waals surface area (Å²) in [6.07, 6.45) is 5.79. The molecule has 0 atom stereocenters. The number of halogens is 1. The van der Waals surface area contributed by atoms with Gasteiger partial charge in [0.25, 0.3) is 5.91 Å². The summed E-state index contributed by atoms with van der Waals surface area (Å²) in [7, 11) is -1.40. The molecule has 0 aromatic carbocycles. The van der Waals surface area contributed by atoms with Crippen molar-refractivity contribution in [2.75, 3.05) is 31.7 Å². The SMILES string of the molecule is Cc1c(-c2nc(NC3CCN(S(C)(=O)=O)CC3)ncc2F)sc2c1C(=O)N(C)C21CCC(O)CC1. The lowest BCUT2D eigenvalue weighted by atomic mass is 9.79. The Bertz CT molecular complexity index is 1260. The molecule has 3 aliphatic rings. The van der Waals surface area contributed by atoms with E-state index in [9.17, 15) is 22.7 Å². The molecule has 1 amide bonds. The van der Waals surface area contributed by atoms with Crippen LogP contribution in [0.15, 0.2) is 6.20 Å². The van der Waals surface area contributed by atoms with Crippen LogP contribution in [0.2, 0.25) is 0 Å². The van der Waals surface area contributed by atoms with Crippen LogP contribution in [0, 0.1) is 12.7 Å². The van der Waals surface area contributed by atoms with Crippen molar-refractivity contribution in [1.82, 2.24) is 19.2 Å². The standard InChI is InChI=1S/C23H30FN5O4S2/c1-13-17-20(23(28(2)21(17)31)8-4-15(30)5-9-23)34-19(13)18-16(24)12-25-22(27-18)26-14-6-10-29(11-7-14)35(3,32)33/h12,14-15,30H,4-11H2,1-3H3,(H,25,26,27). The third-order valence-corrected chi connectivity index (χ3v) is 10.5. The van der Waals surface area contributed by atoms with Gasteiger partial charge >= 0.3 is 0 Å². The van der Waals surface area contributed by atoms with Crippen LogP contribution in [0.25, 0.3) is 10.6 Å². The number of nitrogens with zero attached hydrogens (tertiary/aromatic N) is 4. The Morgan fingerprint density at radius 2 is 1.89 bits per heavy atom. The van der Waals surface area contributed by atoms with Crippen molar-refractivity contribution < 1.29 is 22.7 Å². The van der Waals surface area contributed by atoms with Crippen molar-refractivity contribution in [2.24, 2.45) is 0 Å². The zero-order valence-corrected chi connectivity index (χ0v) is 21.7. The number of aromatic nitrogens is 2. The average Bonchev–Trinajstić information content (AvgIpc) is 3.26. The lowest BCUT2D eigenvalue weighted by Gasteiger charge is -2.41. The minimum atomic E-state index is -3.22. The number of anilines is 1.